The van der Waals surface area contributed by atoms with E-state index in [1.54, 1.807) is 23.7 Å². The Kier molecular flexibility index (Phi) is 5.25. The number of thiazole rings is 1. The fraction of sp³-hybridized carbons (Fsp3) is 0.190. The van der Waals surface area contributed by atoms with Gasteiger partial charge < -0.3 is 10.3 Å². The van der Waals surface area contributed by atoms with Crippen molar-refractivity contribution in [3.8, 4) is 11.3 Å². The average Bonchev–Trinajstić information content (AvgIpc) is 3.35. The van der Waals surface area contributed by atoms with Crippen LogP contribution in [0.15, 0.2) is 60.4 Å². The first-order valence-electron chi connectivity index (χ1n) is 8.96. The van der Waals surface area contributed by atoms with Crippen LogP contribution in [0.25, 0.3) is 22.2 Å². The zero-order valence-electron chi connectivity index (χ0n) is 14.8. The summed E-state index contributed by atoms with van der Waals surface area (Å²) in [6.07, 6.45) is 7.48. The van der Waals surface area contributed by atoms with Gasteiger partial charge in [0.2, 0.25) is 5.91 Å². The highest BCUT2D eigenvalue weighted by molar-refractivity contribution is 7.09. The van der Waals surface area contributed by atoms with E-state index in [9.17, 15) is 4.79 Å². The highest BCUT2D eigenvalue weighted by Crippen LogP contribution is 2.22. The van der Waals surface area contributed by atoms with Gasteiger partial charge in [-0.25, -0.2) is 4.98 Å². The molecule has 0 saturated heterocycles. The van der Waals surface area contributed by atoms with E-state index in [1.165, 1.54) is 10.9 Å². The first-order chi connectivity index (χ1) is 13.3. The number of aromatic amines is 1. The van der Waals surface area contributed by atoms with E-state index in [1.807, 2.05) is 35.8 Å². The number of aromatic nitrogens is 3. The van der Waals surface area contributed by atoms with Crippen molar-refractivity contribution in [1.29, 1.82) is 0 Å². The van der Waals surface area contributed by atoms with Crippen molar-refractivity contribution in [1.82, 2.24) is 20.3 Å². The number of aryl methyl sites for hydroxylation is 1. The highest BCUT2D eigenvalue weighted by atomic mass is 32.1. The summed E-state index contributed by atoms with van der Waals surface area (Å²) < 4.78 is 0. The van der Waals surface area contributed by atoms with E-state index in [2.05, 4.69) is 32.4 Å². The van der Waals surface area contributed by atoms with Crippen LogP contribution in [0.5, 0.6) is 0 Å². The second-order valence-electron chi connectivity index (χ2n) is 6.32. The van der Waals surface area contributed by atoms with Crippen LogP contribution >= 0.6 is 11.3 Å². The Hall–Kier alpha value is -2.99. The Morgan fingerprint density at radius 2 is 1.96 bits per heavy atom. The average molecular weight is 376 g/mol. The predicted octanol–water partition coefficient (Wildman–Crippen LogP) is 3.98. The van der Waals surface area contributed by atoms with Gasteiger partial charge in [-0.1, -0.05) is 18.2 Å². The van der Waals surface area contributed by atoms with Gasteiger partial charge in [-0.05, 0) is 30.2 Å². The summed E-state index contributed by atoms with van der Waals surface area (Å²) >= 11 is 1.59. The van der Waals surface area contributed by atoms with Crippen LogP contribution in [0.3, 0.4) is 0 Å². The maximum Gasteiger partial charge on any atom is 0.220 e. The fourth-order valence-corrected chi connectivity index (χ4v) is 3.87. The molecule has 4 rings (SSSR count). The topological polar surface area (TPSA) is 70.7 Å². The first kappa shape index (κ1) is 17.4. The summed E-state index contributed by atoms with van der Waals surface area (Å²) in [6, 6.07) is 12.1. The first-order valence-corrected chi connectivity index (χ1v) is 9.84. The Morgan fingerprint density at radius 1 is 1.11 bits per heavy atom. The predicted molar refractivity (Wildman–Crippen MR) is 109 cm³/mol. The molecule has 6 heteroatoms. The van der Waals surface area contributed by atoms with Crippen molar-refractivity contribution < 1.29 is 4.79 Å². The number of hydrogen-bond donors (Lipinski definition) is 2. The second kappa shape index (κ2) is 8.14. The number of para-hydroxylation sites is 1. The van der Waals surface area contributed by atoms with Crippen LogP contribution in [0.2, 0.25) is 0 Å². The lowest BCUT2D eigenvalue weighted by molar-refractivity contribution is -0.121. The lowest BCUT2D eigenvalue weighted by Gasteiger charge is -2.04. The van der Waals surface area contributed by atoms with E-state index in [0.29, 0.717) is 19.4 Å². The van der Waals surface area contributed by atoms with Crippen molar-refractivity contribution >= 4 is 28.1 Å². The van der Waals surface area contributed by atoms with Crippen LogP contribution in [0, 0.1) is 0 Å². The summed E-state index contributed by atoms with van der Waals surface area (Å²) in [4.78, 5) is 24.0. The number of carbonyl (C=O) groups excluding carboxylic acids is 1. The van der Waals surface area contributed by atoms with Gasteiger partial charge in [0.05, 0.1) is 10.7 Å². The molecule has 5 nitrogen and oxygen atoms in total. The number of rotatable bonds is 7. The number of amides is 1. The third-order valence-electron chi connectivity index (χ3n) is 4.49. The Labute approximate surface area is 161 Å². The molecule has 136 valence electrons. The SMILES string of the molecule is O=C(CCc1nc(-c2ccncc2)cs1)NCCc1c[nH]c2ccccc12. The number of H-pyrrole nitrogens is 1. The largest absolute Gasteiger partial charge is 0.361 e. The zero-order chi connectivity index (χ0) is 18.5. The van der Waals surface area contributed by atoms with Gasteiger partial charge in [0, 0.05) is 59.8 Å². The molecular weight excluding hydrogens is 356 g/mol. The Morgan fingerprint density at radius 3 is 2.85 bits per heavy atom. The molecule has 3 heterocycles. The molecule has 0 aliphatic carbocycles. The summed E-state index contributed by atoms with van der Waals surface area (Å²) in [5.74, 6) is 0.0653. The van der Waals surface area contributed by atoms with Crippen LogP contribution in [-0.2, 0) is 17.6 Å². The van der Waals surface area contributed by atoms with Crippen molar-refractivity contribution in [2.75, 3.05) is 6.54 Å². The summed E-state index contributed by atoms with van der Waals surface area (Å²) in [5, 5.41) is 7.24. The van der Waals surface area contributed by atoms with Crippen molar-refractivity contribution in [3.63, 3.8) is 0 Å². The minimum atomic E-state index is 0.0653. The number of carbonyl (C=O) groups is 1. The molecule has 0 unspecified atom stereocenters. The minimum absolute atomic E-state index is 0.0653. The van der Waals surface area contributed by atoms with E-state index < -0.39 is 0 Å². The van der Waals surface area contributed by atoms with Crippen LogP contribution in [-0.4, -0.2) is 27.4 Å². The number of fused-ring (bicyclic) bond motifs is 1. The molecule has 0 saturated carbocycles. The number of benzene rings is 1. The summed E-state index contributed by atoms with van der Waals surface area (Å²) in [5.41, 5.74) is 4.35. The minimum Gasteiger partial charge on any atom is -0.361 e. The van der Waals surface area contributed by atoms with Gasteiger partial charge in [-0.3, -0.25) is 9.78 Å². The van der Waals surface area contributed by atoms with E-state index >= 15 is 0 Å². The third kappa shape index (κ3) is 4.23. The molecule has 0 spiro atoms. The van der Waals surface area contributed by atoms with Gasteiger partial charge in [-0.15, -0.1) is 11.3 Å². The lowest BCUT2D eigenvalue weighted by atomic mass is 10.1. The number of pyridine rings is 1. The molecule has 0 aliphatic heterocycles. The van der Waals surface area contributed by atoms with Crippen molar-refractivity contribution in [2.24, 2.45) is 0 Å². The van der Waals surface area contributed by atoms with Gasteiger partial charge in [0.25, 0.3) is 0 Å². The molecule has 0 bridgehead atoms. The summed E-state index contributed by atoms with van der Waals surface area (Å²) in [6.45, 7) is 0.640. The van der Waals surface area contributed by atoms with Gasteiger partial charge in [0.15, 0.2) is 0 Å². The standard InChI is InChI=1S/C21H20N4OS/c26-20(23-12-9-16-13-24-18-4-2-1-3-17(16)18)5-6-21-25-19(14-27-21)15-7-10-22-11-8-15/h1-4,7-8,10-11,13-14,24H,5-6,9,12H2,(H,23,26). The Balaban J connectivity index is 1.25. The molecule has 3 aromatic heterocycles. The molecule has 0 atom stereocenters. The highest BCUT2D eigenvalue weighted by Gasteiger charge is 2.08. The maximum atomic E-state index is 12.1. The maximum absolute atomic E-state index is 12.1. The molecular formula is C21H20N4OS. The molecule has 1 amide bonds. The summed E-state index contributed by atoms with van der Waals surface area (Å²) in [7, 11) is 0. The van der Waals surface area contributed by atoms with Gasteiger partial charge in [-0.2, -0.15) is 0 Å². The van der Waals surface area contributed by atoms with Crippen LogP contribution in [0.4, 0.5) is 0 Å². The van der Waals surface area contributed by atoms with Crippen LogP contribution in [0.1, 0.15) is 17.0 Å². The molecule has 2 N–H and O–H groups in total. The molecule has 27 heavy (non-hydrogen) atoms. The van der Waals surface area contributed by atoms with Gasteiger partial charge >= 0.3 is 0 Å². The number of hydrogen-bond acceptors (Lipinski definition) is 4. The molecule has 0 fully saturated rings. The smallest absolute Gasteiger partial charge is 0.220 e. The third-order valence-corrected chi connectivity index (χ3v) is 5.39. The molecule has 4 aromatic rings. The molecule has 0 radical (unpaired) electrons. The Bertz CT molecular complexity index is 1040. The fourth-order valence-electron chi connectivity index (χ4n) is 3.06. The molecule has 1 aromatic carbocycles. The van der Waals surface area contributed by atoms with Gasteiger partial charge in [0.1, 0.15) is 0 Å². The number of nitrogens with zero attached hydrogens (tertiary/aromatic N) is 2. The normalized spacial score (nSPS) is 11.0. The van der Waals surface area contributed by atoms with E-state index in [0.717, 1.165) is 28.2 Å². The monoisotopic (exact) mass is 376 g/mol. The zero-order valence-corrected chi connectivity index (χ0v) is 15.6. The number of nitrogens with one attached hydrogen (secondary N) is 2. The molecule has 0 aliphatic rings. The second-order valence-corrected chi connectivity index (χ2v) is 7.26. The quantitative estimate of drug-likeness (QED) is 0.512. The van der Waals surface area contributed by atoms with Crippen LogP contribution < -0.4 is 5.32 Å². The van der Waals surface area contributed by atoms with E-state index in [4.69, 9.17) is 0 Å². The lowest BCUT2D eigenvalue weighted by Crippen LogP contribution is -2.25. The van der Waals surface area contributed by atoms with Crippen molar-refractivity contribution in [2.45, 2.75) is 19.3 Å². The van der Waals surface area contributed by atoms with E-state index in [-0.39, 0.29) is 5.91 Å². The van der Waals surface area contributed by atoms with Crippen molar-refractivity contribution in [3.05, 3.63) is 70.9 Å².